The van der Waals surface area contributed by atoms with Crippen LogP contribution in [0.2, 0.25) is 0 Å². The Balaban J connectivity index is 2.50. The third kappa shape index (κ3) is 1.68. The first-order valence-corrected chi connectivity index (χ1v) is 5.10. The number of anilines is 1. The number of aromatic nitrogens is 2. The molecule has 4 heteroatoms. The van der Waals surface area contributed by atoms with Crippen LogP contribution in [-0.4, -0.2) is 22.6 Å². The van der Waals surface area contributed by atoms with Crippen molar-refractivity contribution in [3.8, 4) is 0 Å². The SMILES string of the molecule is Cc1cccc2nc(NCCN)n(C)c12. The Bertz CT molecular complexity index is 473. The molecule has 0 atom stereocenters. The number of fused-ring (bicyclic) bond motifs is 1. The normalized spacial score (nSPS) is 10.9. The molecule has 80 valence electrons. The maximum absolute atomic E-state index is 5.45. The molecule has 0 fully saturated rings. The number of nitrogens with zero attached hydrogens (tertiary/aromatic N) is 2. The number of hydrogen-bond acceptors (Lipinski definition) is 3. The van der Waals surface area contributed by atoms with Crippen molar-refractivity contribution < 1.29 is 0 Å². The molecule has 1 aromatic carbocycles. The number of para-hydroxylation sites is 1. The van der Waals surface area contributed by atoms with E-state index < -0.39 is 0 Å². The summed E-state index contributed by atoms with van der Waals surface area (Å²) in [5, 5.41) is 3.21. The van der Waals surface area contributed by atoms with Gasteiger partial charge in [-0.05, 0) is 18.6 Å². The van der Waals surface area contributed by atoms with E-state index in [0.29, 0.717) is 6.54 Å². The Morgan fingerprint density at radius 3 is 2.93 bits per heavy atom. The number of benzene rings is 1. The summed E-state index contributed by atoms with van der Waals surface area (Å²) in [4.78, 5) is 4.51. The van der Waals surface area contributed by atoms with Crippen LogP contribution in [0, 0.1) is 6.92 Å². The molecular formula is C11H16N4. The fraction of sp³-hybridized carbons (Fsp3) is 0.364. The number of nitrogens with two attached hydrogens (primary N) is 1. The minimum absolute atomic E-state index is 0.613. The van der Waals surface area contributed by atoms with E-state index in [4.69, 9.17) is 5.73 Å². The number of imidazole rings is 1. The highest BCUT2D eigenvalue weighted by Gasteiger charge is 2.07. The molecule has 0 saturated heterocycles. The first kappa shape index (κ1) is 9.98. The zero-order valence-corrected chi connectivity index (χ0v) is 9.12. The van der Waals surface area contributed by atoms with E-state index in [1.165, 1.54) is 11.1 Å². The van der Waals surface area contributed by atoms with Crippen molar-refractivity contribution in [2.45, 2.75) is 6.92 Å². The Labute approximate surface area is 89.1 Å². The first-order valence-electron chi connectivity index (χ1n) is 5.10. The molecule has 4 nitrogen and oxygen atoms in total. The minimum atomic E-state index is 0.613. The highest BCUT2D eigenvalue weighted by Crippen LogP contribution is 2.20. The van der Waals surface area contributed by atoms with Crippen LogP contribution in [0.4, 0.5) is 5.95 Å². The Morgan fingerprint density at radius 2 is 2.27 bits per heavy atom. The maximum atomic E-state index is 5.45. The maximum Gasteiger partial charge on any atom is 0.203 e. The van der Waals surface area contributed by atoms with Crippen LogP contribution < -0.4 is 11.1 Å². The van der Waals surface area contributed by atoms with Gasteiger partial charge >= 0.3 is 0 Å². The van der Waals surface area contributed by atoms with Crippen molar-refractivity contribution in [3.05, 3.63) is 23.8 Å². The molecule has 0 saturated carbocycles. The highest BCUT2D eigenvalue weighted by atomic mass is 15.2. The number of rotatable bonds is 3. The van der Waals surface area contributed by atoms with Crippen molar-refractivity contribution >= 4 is 17.0 Å². The molecule has 0 radical (unpaired) electrons. The predicted molar refractivity (Wildman–Crippen MR) is 63.0 cm³/mol. The van der Waals surface area contributed by atoms with Gasteiger partial charge < -0.3 is 15.6 Å². The van der Waals surface area contributed by atoms with Crippen molar-refractivity contribution in [1.82, 2.24) is 9.55 Å². The lowest BCUT2D eigenvalue weighted by Crippen LogP contribution is -2.15. The smallest absolute Gasteiger partial charge is 0.203 e. The van der Waals surface area contributed by atoms with Crippen molar-refractivity contribution in [1.29, 1.82) is 0 Å². The Morgan fingerprint density at radius 1 is 1.47 bits per heavy atom. The average Bonchev–Trinajstić information content (AvgIpc) is 2.54. The molecule has 1 aromatic heterocycles. The molecule has 2 aromatic rings. The van der Waals surface area contributed by atoms with E-state index in [1.807, 2.05) is 19.2 Å². The van der Waals surface area contributed by atoms with Gasteiger partial charge in [-0.1, -0.05) is 12.1 Å². The van der Waals surface area contributed by atoms with Gasteiger partial charge in [0, 0.05) is 20.1 Å². The fourth-order valence-electron chi connectivity index (χ4n) is 1.81. The first-order chi connectivity index (χ1) is 7.24. The summed E-state index contributed by atoms with van der Waals surface area (Å²) in [5.74, 6) is 0.879. The summed E-state index contributed by atoms with van der Waals surface area (Å²) in [5.41, 5.74) is 8.89. The van der Waals surface area contributed by atoms with E-state index >= 15 is 0 Å². The van der Waals surface area contributed by atoms with Gasteiger partial charge in [0.25, 0.3) is 0 Å². The second-order valence-electron chi connectivity index (χ2n) is 3.65. The zero-order valence-electron chi connectivity index (χ0n) is 9.12. The third-order valence-electron chi connectivity index (χ3n) is 2.52. The second-order valence-corrected chi connectivity index (χ2v) is 3.65. The van der Waals surface area contributed by atoms with Crippen LogP contribution in [0.15, 0.2) is 18.2 Å². The molecule has 1 heterocycles. The van der Waals surface area contributed by atoms with Crippen LogP contribution in [0.25, 0.3) is 11.0 Å². The number of nitrogens with one attached hydrogen (secondary N) is 1. The summed E-state index contributed by atoms with van der Waals surface area (Å²) >= 11 is 0. The molecule has 0 spiro atoms. The molecule has 0 aliphatic carbocycles. The highest BCUT2D eigenvalue weighted by molar-refractivity contribution is 5.81. The molecule has 3 N–H and O–H groups in total. The largest absolute Gasteiger partial charge is 0.354 e. The number of aryl methyl sites for hydroxylation is 2. The van der Waals surface area contributed by atoms with Gasteiger partial charge in [0.2, 0.25) is 5.95 Å². The van der Waals surface area contributed by atoms with E-state index in [-0.39, 0.29) is 0 Å². The molecule has 15 heavy (non-hydrogen) atoms. The lowest BCUT2D eigenvalue weighted by Gasteiger charge is -2.04. The summed E-state index contributed by atoms with van der Waals surface area (Å²) in [6.45, 7) is 3.45. The van der Waals surface area contributed by atoms with Gasteiger partial charge in [0.05, 0.1) is 11.0 Å². The van der Waals surface area contributed by atoms with Crippen LogP contribution in [-0.2, 0) is 7.05 Å². The lowest BCUT2D eigenvalue weighted by molar-refractivity contribution is 0.913. The topological polar surface area (TPSA) is 55.9 Å². The Hall–Kier alpha value is -1.55. The predicted octanol–water partition coefficient (Wildman–Crippen LogP) is 1.25. The molecule has 0 amide bonds. The zero-order chi connectivity index (χ0) is 10.8. The van der Waals surface area contributed by atoms with Crippen molar-refractivity contribution in [2.24, 2.45) is 12.8 Å². The van der Waals surface area contributed by atoms with Crippen LogP contribution in [0.1, 0.15) is 5.56 Å². The van der Waals surface area contributed by atoms with Crippen molar-refractivity contribution in [3.63, 3.8) is 0 Å². The van der Waals surface area contributed by atoms with Crippen LogP contribution in [0.3, 0.4) is 0 Å². The molecule has 0 aliphatic heterocycles. The third-order valence-corrected chi connectivity index (χ3v) is 2.52. The number of hydrogen-bond donors (Lipinski definition) is 2. The standard InChI is InChI=1S/C11H16N4/c1-8-4-3-5-9-10(8)15(2)11(14-9)13-7-6-12/h3-5H,6-7,12H2,1-2H3,(H,13,14). The quantitative estimate of drug-likeness (QED) is 0.791. The van der Waals surface area contributed by atoms with Gasteiger partial charge in [-0.15, -0.1) is 0 Å². The lowest BCUT2D eigenvalue weighted by atomic mass is 10.2. The van der Waals surface area contributed by atoms with Gasteiger partial charge in [-0.25, -0.2) is 4.98 Å². The molecule has 2 rings (SSSR count). The second kappa shape index (κ2) is 3.90. The Kier molecular flexibility index (Phi) is 2.60. The van der Waals surface area contributed by atoms with Gasteiger partial charge in [-0.3, -0.25) is 0 Å². The van der Waals surface area contributed by atoms with E-state index in [9.17, 15) is 0 Å². The van der Waals surface area contributed by atoms with Crippen LogP contribution in [0.5, 0.6) is 0 Å². The van der Waals surface area contributed by atoms with Gasteiger partial charge in [0.15, 0.2) is 0 Å². The van der Waals surface area contributed by atoms with Crippen molar-refractivity contribution in [2.75, 3.05) is 18.4 Å². The summed E-state index contributed by atoms with van der Waals surface area (Å²) in [7, 11) is 2.02. The molecule has 0 aliphatic rings. The van der Waals surface area contributed by atoms with E-state index in [0.717, 1.165) is 18.0 Å². The summed E-state index contributed by atoms with van der Waals surface area (Å²) in [6.07, 6.45) is 0. The minimum Gasteiger partial charge on any atom is -0.354 e. The van der Waals surface area contributed by atoms with E-state index in [2.05, 4.69) is 27.9 Å². The van der Waals surface area contributed by atoms with E-state index in [1.54, 1.807) is 0 Å². The molecule has 0 bridgehead atoms. The average molecular weight is 204 g/mol. The van der Waals surface area contributed by atoms with Crippen LogP contribution >= 0.6 is 0 Å². The fourth-order valence-corrected chi connectivity index (χ4v) is 1.81. The van der Waals surface area contributed by atoms with Gasteiger partial charge in [0.1, 0.15) is 0 Å². The molecule has 0 unspecified atom stereocenters. The summed E-state index contributed by atoms with van der Waals surface area (Å²) < 4.78 is 2.07. The van der Waals surface area contributed by atoms with Gasteiger partial charge in [-0.2, -0.15) is 0 Å². The molecular weight excluding hydrogens is 188 g/mol. The monoisotopic (exact) mass is 204 g/mol. The summed E-state index contributed by atoms with van der Waals surface area (Å²) in [6, 6.07) is 6.14.